The van der Waals surface area contributed by atoms with E-state index in [-0.39, 0.29) is 28.8 Å². The molecule has 0 spiro atoms. The van der Waals surface area contributed by atoms with Crippen LogP contribution in [-0.4, -0.2) is 62.8 Å². The molecule has 11 nitrogen and oxygen atoms in total. The van der Waals surface area contributed by atoms with E-state index in [0.29, 0.717) is 16.3 Å². The standard InChI is InChI=1S/C19H17ClN6O5S2/c1-31-24-12(11-8-33-19(21)22-11)15(27)23-13-16(28)26-14(18(29)30)9(7-32-17(13)26)6-25-4-2-10(20)3-5-25/h2-5,8,13,17H,6-7H2,1H3,(H3-,21,22,23,27,29,30)/p+1/b24-12-/t13-,17-/m1/s1. The Hall–Kier alpha value is -3.16. The molecule has 0 unspecified atom stereocenters. The number of nitrogen functional groups attached to an aromatic ring is 1. The molecule has 1 saturated heterocycles. The molecule has 0 aromatic carbocycles. The summed E-state index contributed by atoms with van der Waals surface area (Å²) < 4.78 is 1.78. The molecule has 2 aliphatic heterocycles. The van der Waals surface area contributed by atoms with Crippen molar-refractivity contribution in [3.8, 4) is 0 Å². The lowest BCUT2D eigenvalue weighted by atomic mass is 10.0. The van der Waals surface area contributed by atoms with Crippen LogP contribution in [0.3, 0.4) is 0 Å². The summed E-state index contributed by atoms with van der Waals surface area (Å²) in [4.78, 5) is 47.7. The van der Waals surface area contributed by atoms with Gasteiger partial charge in [0.2, 0.25) is 0 Å². The molecular formula is C19H18ClN6O5S2+. The van der Waals surface area contributed by atoms with Crippen LogP contribution in [0, 0.1) is 0 Å². The predicted molar refractivity (Wildman–Crippen MR) is 121 cm³/mol. The van der Waals surface area contributed by atoms with Crippen LogP contribution >= 0.6 is 34.7 Å². The highest BCUT2D eigenvalue weighted by Gasteiger charge is 2.54. The van der Waals surface area contributed by atoms with Crippen molar-refractivity contribution < 1.29 is 28.9 Å². The van der Waals surface area contributed by atoms with Crippen molar-refractivity contribution in [2.75, 3.05) is 18.6 Å². The molecular weight excluding hydrogens is 492 g/mol. The van der Waals surface area contributed by atoms with Gasteiger partial charge in [0.15, 0.2) is 29.8 Å². The Kier molecular flexibility index (Phi) is 6.54. The fourth-order valence-corrected chi connectivity index (χ4v) is 5.47. The lowest BCUT2D eigenvalue weighted by Gasteiger charge is -2.49. The zero-order chi connectivity index (χ0) is 23.7. The number of nitrogens with two attached hydrogens (primary N) is 1. The van der Waals surface area contributed by atoms with Crippen LogP contribution in [-0.2, 0) is 25.8 Å². The predicted octanol–water partition coefficient (Wildman–Crippen LogP) is 0.456. The average Bonchev–Trinajstić information content (AvgIpc) is 3.22. The molecule has 1 fully saturated rings. The maximum atomic E-state index is 12.9. The number of nitrogens with zero attached hydrogens (tertiary/aromatic N) is 4. The molecule has 4 N–H and O–H groups in total. The number of amides is 2. The normalized spacial score (nSPS) is 20.2. The zero-order valence-electron chi connectivity index (χ0n) is 17.1. The first-order valence-electron chi connectivity index (χ1n) is 9.48. The Morgan fingerprint density at radius 2 is 2.18 bits per heavy atom. The summed E-state index contributed by atoms with van der Waals surface area (Å²) in [5.74, 6) is -2.03. The number of nitrogens with one attached hydrogen (secondary N) is 1. The van der Waals surface area contributed by atoms with E-state index in [1.165, 1.54) is 23.8 Å². The van der Waals surface area contributed by atoms with Crippen molar-refractivity contribution in [3.05, 3.63) is 51.9 Å². The number of rotatable bonds is 7. The number of hydrogen-bond donors (Lipinski definition) is 3. The van der Waals surface area contributed by atoms with Crippen molar-refractivity contribution in [1.29, 1.82) is 0 Å². The maximum absolute atomic E-state index is 12.9. The molecule has 0 bridgehead atoms. The highest BCUT2D eigenvalue weighted by Crippen LogP contribution is 2.40. The first-order valence-corrected chi connectivity index (χ1v) is 11.8. The van der Waals surface area contributed by atoms with Gasteiger partial charge < -0.3 is 21.0 Å². The van der Waals surface area contributed by atoms with E-state index < -0.39 is 29.2 Å². The Balaban J connectivity index is 1.53. The molecule has 0 saturated carbocycles. The number of carboxylic acids is 1. The molecule has 33 heavy (non-hydrogen) atoms. The van der Waals surface area contributed by atoms with Crippen molar-refractivity contribution in [2.45, 2.75) is 18.0 Å². The number of carboxylic acid groups (broad SMARTS) is 1. The first kappa shape index (κ1) is 23.0. The Morgan fingerprint density at radius 3 is 2.79 bits per heavy atom. The number of carbonyl (C=O) groups excluding carboxylic acids is 2. The van der Waals surface area contributed by atoms with Gasteiger partial charge in [-0.15, -0.1) is 23.1 Å². The van der Waals surface area contributed by atoms with Gasteiger partial charge in [-0.3, -0.25) is 14.5 Å². The van der Waals surface area contributed by atoms with E-state index in [2.05, 4.69) is 15.5 Å². The minimum Gasteiger partial charge on any atom is -0.477 e. The third-order valence-electron chi connectivity index (χ3n) is 4.92. The van der Waals surface area contributed by atoms with Gasteiger partial charge in [0.1, 0.15) is 29.9 Å². The second kappa shape index (κ2) is 9.37. The van der Waals surface area contributed by atoms with Crippen LogP contribution in [0.4, 0.5) is 5.13 Å². The molecule has 2 aliphatic rings. The summed E-state index contributed by atoms with van der Waals surface area (Å²) in [6.45, 7) is 0.287. The van der Waals surface area contributed by atoms with Crippen molar-refractivity contribution >= 4 is 63.3 Å². The Labute approximate surface area is 200 Å². The molecule has 172 valence electrons. The summed E-state index contributed by atoms with van der Waals surface area (Å²) in [7, 11) is 1.28. The quantitative estimate of drug-likeness (QED) is 0.211. The van der Waals surface area contributed by atoms with E-state index in [0.717, 1.165) is 11.3 Å². The molecule has 2 aromatic rings. The van der Waals surface area contributed by atoms with E-state index in [1.807, 2.05) is 0 Å². The third kappa shape index (κ3) is 4.51. The maximum Gasteiger partial charge on any atom is 0.352 e. The van der Waals surface area contributed by atoms with E-state index in [4.69, 9.17) is 22.2 Å². The van der Waals surface area contributed by atoms with Crippen molar-refractivity contribution in [2.24, 2.45) is 5.16 Å². The van der Waals surface area contributed by atoms with Gasteiger partial charge in [0.25, 0.3) is 11.8 Å². The van der Waals surface area contributed by atoms with Crippen LogP contribution in [0.2, 0.25) is 5.02 Å². The van der Waals surface area contributed by atoms with Crippen molar-refractivity contribution in [3.63, 3.8) is 0 Å². The number of thioether (sulfide) groups is 1. The molecule has 0 aliphatic carbocycles. The summed E-state index contributed by atoms with van der Waals surface area (Å²) >= 11 is 8.40. The van der Waals surface area contributed by atoms with Gasteiger partial charge in [0.05, 0.1) is 5.02 Å². The average molecular weight is 510 g/mol. The first-order chi connectivity index (χ1) is 15.8. The van der Waals surface area contributed by atoms with Crippen LogP contribution in [0.15, 0.2) is 46.3 Å². The van der Waals surface area contributed by atoms with Crippen LogP contribution in [0.25, 0.3) is 0 Å². The number of aliphatic carboxylic acids is 1. The van der Waals surface area contributed by atoms with Crippen molar-refractivity contribution in [1.82, 2.24) is 15.2 Å². The number of β-lactam (4-membered cyclic amide) rings is 1. The highest BCUT2D eigenvalue weighted by atomic mass is 35.5. The lowest BCUT2D eigenvalue weighted by Crippen LogP contribution is -2.71. The number of aromatic nitrogens is 2. The minimum absolute atomic E-state index is 0.0743. The molecule has 4 rings (SSSR count). The zero-order valence-corrected chi connectivity index (χ0v) is 19.5. The fraction of sp³-hybridized carbons (Fsp3) is 0.263. The number of fused-ring (bicyclic) bond motifs is 1. The molecule has 4 heterocycles. The van der Waals surface area contributed by atoms with Gasteiger partial charge in [-0.1, -0.05) is 16.8 Å². The van der Waals surface area contributed by atoms with Gasteiger partial charge >= 0.3 is 5.97 Å². The highest BCUT2D eigenvalue weighted by molar-refractivity contribution is 8.00. The second-order valence-corrected chi connectivity index (χ2v) is 9.43. The number of carbonyl (C=O) groups is 3. The molecule has 2 aromatic heterocycles. The van der Waals surface area contributed by atoms with Gasteiger partial charge in [0, 0.05) is 28.8 Å². The SMILES string of the molecule is CO/N=C(\C(=O)N[C@@H]1C(=O)N2C(C(=O)O)=C(C[n+]3ccc(Cl)cc3)CS[C@H]12)c1csc(N)n1. The minimum atomic E-state index is -1.21. The lowest BCUT2D eigenvalue weighted by molar-refractivity contribution is -0.689. The molecule has 14 heteroatoms. The molecule has 2 atom stereocenters. The summed E-state index contributed by atoms with van der Waals surface area (Å²) in [6.07, 6.45) is 3.46. The topological polar surface area (TPSA) is 151 Å². The largest absolute Gasteiger partial charge is 0.477 e. The Morgan fingerprint density at radius 1 is 1.45 bits per heavy atom. The monoisotopic (exact) mass is 509 g/mol. The summed E-state index contributed by atoms with van der Waals surface area (Å²) in [5.41, 5.74) is 6.21. The number of anilines is 1. The number of hydrogen-bond acceptors (Lipinski definition) is 9. The number of thiazole rings is 1. The third-order valence-corrected chi connectivity index (χ3v) is 7.19. The van der Waals surface area contributed by atoms with Gasteiger partial charge in [-0.2, -0.15) is 0 Å². The summed E-state index contributed by atoms with van der Waals surface area (Å²) in [5, 5.41) is 17.9. The van der Waals surface area contributed by atoms with Gasteiger partial charge in [-0.25, -0.2) is 14.3 Å². The van der Waals surface area contributed by atoms with Crippen LogP contribution < -0.4 is 15.6 Å². The Bertz CT molecular complexity index is 1180. The molecule has 0 radical (unpaired) electrons. The number of pyridine rings is 1. The van der Waals surface area contributed by atoms with E-state index in [1.54, 1.807) is 34.5 Å². The smallest absolute Gasteiger partial charge is 0.352 e. The van der Waals surface area contributed by atoms with Crippen LogP contribution in [0.5, 0.6) is 0 Å². The number of oxime groups is 1. The second-order valence-electron chi connectivity index (χ2n) is 7.00. The van der Waals surface area contributed by atoms with Gasteiger partial charge in [-0.05, 0) is 0 Å². The van der Waals surface area contributed by atoms with Crippen LogP contribution in [0.1, 0.15) is 5.69 Å². The van der Waals surface area contributed by atoms with E-state index >= 15 is 0 Å². The van der Waals surface area contributed by atoms with E-state index in [9.17, 15) is 19.5 Å². The fourth-order valence-electron chi connectivity index (χ4n) is 3.47. The number of halogens is 1. The molecule has 2 amide bonds. The summed E-state index contributed by atoms with van der Waals surface area (Å²) in [6, 6.07) is 2.47.